The van der Waals surface area contributed by atoms with E-state index in [0.717, 1.165) is 82.4 Å². The zero-order chi connectivity index (χ0) is 57.5. The normalized spacial score (nSPS) is 13.2. The van der Waals surface area contributed by atoms with Gasteiger partial charge in [-0.3, -0.25) is 27.3 Å². The largest absolute Gasteiger partial charge is 0.295 e. The van der Waals surface area contributed by atoms with Crippen LogP contribution >= 0.6 is 0 Å². The van der Waals surface area contributed by atoms with Crippen molar-refractivity contribution in [1.82, 2.24) is 30.0 Å². The molecule has 0 saturated heterocycles. The summed E-state index contributed by atoms with van der Waals surface area (Å²) in [4.78, 5) is -1.96. The molecule has 8 aromatic carbocycles. The van der Waals surface area contributed by atoms with Crippen LogP contribution in [0.25, 0.3) is 79.3 Å². The summed E-state index contributed by atoms with van der Waals surface area (Å²) in [5, 5.41) is 25.9. The van der Waals surface area contributed by atoms with Gasteiger partial charge in [0.1, 0.15) is 51.4 Å². The third-order valence-electron chi connectivity index (χ3n) is 12.0. The molecule has 10 rings (SSSR count). The summed E-state index contributed by atoms with van der Waals surface area (Å²) < 4.78 is 211. The van der Waals surface area contributed by atoms with Crippen molar-refractivity contribution in [2.24, 2.45) is 10.2 Å². The van der Waals surface area contributed by atoms with E-state index in [2.05, 4.69) is 30.6 Å². The van der Waals surface area contributed by atoms with Gasteiger partial charge in [-0.25, -0.2) is 0 Å². The average molecular weight is 1220 g/mol. The van der Waals surface area contributed by atoms with Gasteiger partial charge >= 0.3 is 0 Å². The molecule has 0 spiro atoms. The van der Waals surface area contributed by atoms with Crippen LogP contribution in [0.2, 0.25) is 0 Å². The van der Waals surface area contributed by atoms with Crippen molar-refractivity contribution in [1.29, 1.82) is 0 Å². The Balaban J connectivity index is 0.00000792. The van der Waals surface area contributed by atoms with Crippen LogP contribution < -0.4 is 0 Å². The smallest absolute Gasteiger partial charge is 0.282 e. The first-order valence-electron chi connectivity index (χ1n) is 22.2. The summed E-state index contributed by atoms with van der Waals surface area (Å²) in [6, 6.07) is 27.8. The zero-order valence-electron chi connectivity index (χ0n) is 40.6. The summed E-state index contributed by atoms with van der Waals surface area (Å²) in [5.41, 5.74) is -1.04. The molecule has 2 heterocycles. The second-order valence-electron chi connectivity index (χ2n) is 17.2. The molecule has 0 aliphatic carbocycles. The first-order chi connectivity index (χ1) is 37.4. The van der Waals surface area contributed by atoms with Gasteiger partial charge in [0.05, 0.1) is 22.7 Å². The van der Waals surface area contributed by atoms with E-state index < -0.39 is 90.1 Å². The van der Waals surface area contributed by atoms with Crippen LogP contribution in [-0.4, -0.2) is 137 Å². The van der Waals surface area contributed by atoms with Crippen LogP contribution in [-0.2, 0) is 60.7 Å². The fourth-order valence-electron chi connectivity index (χ4n) is 8.47. The Morgan fingerprint density at radius 2 is 0.617 bits per heavy atom. The number of fused-ring (bicyclic) bond motifs is 6. The minimum absolute atomic E-state index is 0. The topological polar surface area (TPSA) is 412 Å². The molecule has 0 bridgehead atoms. The summed E-state index contributed by atoms with van der Waals surface area (Å²) in [7, 11) is -29.7. The number of aromatic nitrogens is 6. The maximum absolute atomic E-state index is 12.7. The van der Waals surface area contributed by atoms with Crippen LogP contribution in [0, 0.1) is 0 Å². The maximum Gasteiger partial charge on any atom is 0.295 e. The molecule has 0 aliphatic rings. The van der Waals surface area contributed by atoms with Crippen molar-refractivity contribution in [3.05, 3.63) is 156 Å². The van der Waals surface area contributed by atoms with Gasteiger partial charge in [0.15, 0.2) is 0 Å². The van der Waals surface area contributed by atoms with Crippen molar-refractivity contribution >= 4 is 170 Å². The summed E-state index contributed by atoms with van der Waals surface area (Å²) >= 11 is 0. The van der Waals surface area contributed by atoms with Crippen molar-refractivity contribution < 1.29 is 77.8 Å². The number of hydrogen-bond acceptors (Lipinski definition) is 18. The molecule has 2 aromatic heterocycles. The minimum atomic E-state index is -5.07. The maximum atomic E-state index is 12.7. The predicted octanol–water partition coefficient (Wildman–Crippen LogP) is 7.32. The van der Waals surface area contributed by atoms with Gasteiger partial charge in [-0.2, -0.15) is 70.3 Å². The molecule has 1 radical (unpaired) electrons. The molecule has 0 saturated carbocycles. The third-order valence-corrected chi connectivity index (χ3v) is 17.4. The first kappa shape index (κ1) is 58.3. The molecule has 0 fully saturated rings. The van der Waals surface area contributed by atoms with Gasteiger partial charge in [0, 0.05) is 51.1 Å². The SMILES string of the molecule is O=S(=O)(O)c1cc(N=Nc2ccc(C=Cc3ccc(-n4nc5cc(S(=O)(=O)O)c6ccccc6c5n4)cc3S(=O)(=O)O)c(S(=O)(=O)O)c2)ccc1C=Cc1ccc(-n2nc3cc(S(=O)(=O)O)c4ccccc4c3n2)cc1S(=O)(=O)O.[Na]. The van der Waals surface area contributed by atoms with Crippen molar-refractivity contribution in [3.8, 4) is 11.4 Å². The third kappa shape index (κ3) is 12.0. The number of hydrogen-bond donors (Lipinski definition) is 6. The van der Waals surface area contributed by atoms with Gasteiger partial charge in [-0.15, -0.1) is 20.4 Å². The summed E-state index contributed by atoms with van der Waals surface area (Å²) in [5.74, 6) is 0. The fraction of sp³-hybridized carbons (Fsp3) is 0. The van der Waals surface area contributed by atoms with Crippen LogP contribution in [0.5, 0.6) is 0 Å². The average Bonchev–Trinajstić information content (AvgIpc) is 4.05. The number of nitrogens with zero attached hydrogens (tertiary/aromatic N) is 8. The van der Waals surface area contributed by atoms with Gasteiger partial charge in [-0.1, -0.05) is 97.1 Å². The number of rotatable bonds is 14. The molecule has 0 unspecified atom stereocenters. The van der Waals surface area contributed by atoms with Gasteiger partial charge in [0.2, 0.25) is 0 Å². The van der Waals surface area contributed by atoms with Crippen molar-refractivity contribution in [2.45, 2.75) is 29.4 Å². The molecule has 10 aromatic rings. The van der Waals surface area contributed by atoms with E-state index in [9.17, 15) is 77.8 Å². The molecule has 26 nitrogen and oxygen atoms in total. The Kier molecular flexibility index (Phi) is 15.2. The summed E-state index contributed by atoms with van der Waals surface area (Å²) in [6.45, 7) is 0. The van der Waals surface area contributed by atoms with Gasteiger partial charge < -0.3 is 0 Å². The molecular formula is C48H32N8NaO18S6. The minimum Gasteiger partial charge on any atom is -0.282 e. The molecule has 0 amide bonds. The first-order valence-corrected chi connectivity index (χ1v) is 30.8. The molecule has 409 valence electrons. The second-order valence-corrected chi connectivity index (χ2v) is 25.5. The molecule has 0 aliphatic heterocycles. The molecule has 0 atom stereocenters. The molecule has 33 heteroatoms. The Morgan fingerprint density at radius 3 is 0.926 bits per heavy atom. The fourth-order valence-corrected chi connectivity index (χ4v) is 12.7. The van der Waals surface area contributed by atoms with Gasteiger partial charge in [0.25, 0.3) is 60.7 Å². The van der Waals surface area contributed by atoms with Crippen LogP contribution in [0.4, 0.5) is 11.4 Å². The van der Waals surface area contributed by atoms with Crippen LogP contribution in [0.15, 0.2) is 173 Å². The second kappa shape index (κ2) is 21.2. The van der Waals surface area contributed by atoms with E-state index >= 15 is 0 Å². The monoisotopic (exact) mass is 1220 g/mol. The predicted molar refractivity (Wildman–Crippen MR) is 292 cm³/mol. The summed E-state index contributed by atoms with van der Waals surface area (Å²) in [6.07, 6.45) is 4.36. The van der Waals surface area contributed by atoms with E-state index in [1.807, 2.05) is 0 Å². The Bertz CT molecular complexity index is 4830. The Morgan fingerprint density at radius 1 is 0.333 bits per heavy atom. The van der Waals surface area contributed by atoms with Gasteiger partial charge in [-0.05, 0) is 82.9 Å². The molecule has 81 heavy (non-hydrogen) atoms. The quantitative estimate of drug-likeness (QED) is 0.0269. The Hall–Kier alpha value is -7.38. The van der Waals surface area contributed by atoms with Crippen LogP contribution in [0.3, 0.4) is 0 Å². The van der Waals surface area contributed by atoms with E-state index in [-0.39, 0.29) is 118 Å². The molecular weight excluding hydrogens is 1190 g/mol. The van der Waals surface area contributed by atoms with Crippen molar-refractivity contribution in [3.63, 3.8) is 0 Å². The Labute approximate surface area is 480 Å². The van der Waals surface area contributed by atoms with E-state index in [1.165, 1.54) is 60.7 Å². The van der Waals surface area contributed by atoms with E-state index in [1.54, 1.807) is 24.3 Å². The van der Waals surface area contributed by atoms with Crippen LogP contribution in [0.1, 0.15) is 22.3 Å². The molecule has 6 N–H and O–H groups in total. The van der Waals surface area contributed by atoms with E-state index in [0.29, 0.717) is 0 Å². The van der Waals surface area contributed by atoms with E-state index in [4.69, 9.17) is 0 Å². The number of benzene rings is 8. The zero-order valence-corrected chi connectivity index (χ0v) is 47.5. The standard InChI is InChI=1S/C48H32N8O18S6.Na/c57-75(58,59)41-21-31(17-13-27(41)9-11-29-15-19-33(23-43(29)77(63,64)65)55-51-39-25-45(79(69,70)71)35-5-1-3-7-37(35)47(39)53-55)49-50-32-18-14-28(42(22-32)76(60,61)62)10-12-30-16-20-34(24-44(30)78(66,67)68)56-52-40-26-46(80(72,73)74)36-6-2-4-8-38(36)48(40)54-56;/h1-26H,(H,57,58,59)(H,60,61,62)(H,63,64,65)(H,66,67,68)(H,69,70,71)(H,72,73,74);. The number of azo groups is 1. The van der Waals surface area contributed by atoms with Crippen molar-refractivity contribution in [2.75, 3.05) is 0 Å².